The Hall–Kier alpha value is -8.03. The molecule has 0 aliphatic carbocycles. The molecule has 0 radical (unpaired) electrons. The van der Waals surface area contributed by atoms with Gasteiger partial charge in [-0.15, -0.1) is 0 Å². The number of hydrogen-bond acceptors (Lipinski definition) is 18. The Morgan fingerprint density at radius 3 is 1.62 bits per heavy atom. The maximum Gasteiger partial charge on any atom is 0.313 e. The highest BCUT2D eigenvalue weighted by Crippen LogP contribution is 2.23. The third-order valence-corrected chi connectivity index (χ3v) is 14.2. The minimum absolute atomic E-state index is 0.00509. The molecule has 87 heavy (non-hydrogen) atoms. The van der Waals surface area contributed by atoms with E-state index in [-0.39, 0.29) is 93.9 Å². The maximum absolute atomic E-state index is 14.1. The third-order valence-electron chi connectivity index (χ3n) is 14.2. The van der Waals surface area contributed by atoms with E-state index in [0.29, 0.717) is 19.3 Å². The van der Waals surface area contributed by atoms with E-state index in [2.05, 4.69) is 64.0 Å². The first-order valence-electron chi connectivity index (χ1n) is 29.4. The van der Waals surface area contributed by atoms with Crippen LogP contribution in [0.3, 0.4) is 0 Å². The summed E-state index contributed by atoms with van der Waals surface area (Å²) >= 11 is 0. The molecule has 0 unspecified atom stereocenters. The number of primary amides is 1. The summed E-state index contributed by atoms with van der Waals surface area (Å²) in [5.41, 5.74) is 27.6. The number of benzene rings is 1. The number of carbonyl (C=O) groups excluding carboxylic acids is 13. The fourth-order valence-corrected chi connectivity index (χ4v) is 8.77. The van der Waals surface area contributed by atoms with E-state index < -0.39 is 156 Å². The molecule has 0 saturated heterocycles. The average molecular weight is 1230 g/mol. The van der Waals surface area contributed by atoms with Gasteiger partial charge in [0.2, 0.25) is 53.2 Å². The summed E-state index contributed by atoms with van der Waals surface area (Å²) in [7, 11) is 1.25. The van der Waals surface area contributed by atoms with Crippen LogP contribution in [0.1, 0.15) is 136 Å². The van der Waals surface area contributed by atoms with Gasteiger partial charge in [0.15, 0.2) is 0 Å². The Bertz CT molecular complexity index is 2550. The second-order valence-electron chi connectivity index (χ2n) is 22.5. The molecule has 2 bridgehead atoms. The van der Waals surface area contributed by atoms with Crippen molar-refractivity contribution in [2.75, 3.05) is 38.7 Å². The van der Waals surface area contributed by atoms with Crippen LogP contribution in [0.2, 0.25) is 0 Å². The van der Waals surface area contributed by atoms with Crippen molar-refractivity contribution in [1.29, 1.82) is 0 Å². The van der Waals surface area contributed by atoms with Crippen LogP contribution in [-0.4, -0.2) is 170 Å². The van der Waals surface area contributed by atoms with Gasteiger partial charge >= 0.3 is 11.8 Å². The molecule has 31 nitrogen and oxygen atoms in total. The van der Waals surface area contributed by atoms with Gasteiger partial charge in [-0.25, -0.2) is 0 Å². The standard InChI is InChI=1S/C56H94N16O15/c1-10-31(8)44-54(84)69-43(30(6)7)53(83)67-39(27-73)49(79)62-24-14-16-35(59)47(77)72-71-45(75)33-26-32(18-20-40(33)87-9)63-55(85)56(86)65-36(17-11-12-22-57)50(80)66-38(25-28(2)3)48(78)61-23-13-15-34(58)46(76)68-42(29(4)5)52(82)64-37(51(81)70-44)19-21-41(60)74/h18,20,26,28-31,34-39,42-44,73H,10-17,19,21-25,27,57-59H2,1-9H3,(H2,60,74)(H,61,78)(H,62,79)(H,63,85)(H,64,82)(H,65,86)(H,66,80)(H,67,83)(H,68,76)(H,69,84)(H,70,81)(H,71,75)(H,72,77)/t31-,34-,35-,36-,37-,38-,39-,42-,43-,44-/m0/s1. The molecule has 10 atom stereocenters. The van der Waals surface area contributed by atoms with Crippen LogP contribution in [0.5, 0.6) is 5.75 Å². The predicted octanol–water partition coefficient (Wildman–Crippen LogP) is -3.96. The lowest BCUT2D eigenvalue weighted by atomic mass is 9.95. The van der Waals surface area contributed by atoms with E-state index >= 15 is 0 Å². The van der Waals surface area contributed by atoms with Gasteiger partial charge in [-0.05, 0) is 106 Å². The first kappa shape index (κ1) is 75.1. The highest BCUT2D eigenvalue weighted by Gasteiger charge is 2.37. The Labute approximate surface area is 507 Å². The van der Waals surface area contributed by atoms with Gasteiger partial charge in [0.05, 0.1) is 31.4 Å². The molecule has 0 spiro atoms. The zero-order chi connectivity index (χ0) is 65.7. The molecule has 1 aliphatic rings. The number of rotatable bonds is 15. The summed E-state index contributed by atoms with van der Waals surface area (Å²) in [6.07, 6.45) is 0.746. The molecule has 21 N–H and O–H groups in total. The molecular weight excluding hydrogens is 1140 g/mol. The fourth-order valence-electron chi connectivity index (χ4n) is 8.77. The third kappa shape index (κ3) is 25.8. The lowest BCUT2D eigenvalue weighted by Gasteiger charge is -2.30. The van der Waals surface area contributed by atoms with Gasteiger partial charge in [0, 0.05) is 25.2 Å². The monoisotopic (exact) mass is 1230 g/mol. The molecule has 0 aromatic heterocycles. The predicted molar refractivity (Wildman–Crippen MR) is 318 cm³/mol. The number of anilines is 1. The average Bonchev–Trinajstić information content (AvgIpc) is 2.80. The van der Waals surface area contributed by atoms with Gasteiger partial charge in [0.25, 0.3) is 11.8 Å². The van der Waals surface area contributed by atoms with Crippen LogP contribution in [0.15, 0.2) is 18.2 Å². The normalized spacial score (nSPS) is 24.8. The van der Waals surface area contributed by atoms with E-state index in [0.717, 1.165) is 6.07 Å². The van der Waals surface area contributed by atoms with Gasteiger partial charge in [-0.2, -0.15) is 0 Å². The second kappa shape index (κ2) is 38.2. The topological polar surface area (TPSA) is 500 Å². The number of nitrogens with one attached hydrogen (secondary N) is 12. The summed E-state index contributed by atoms with van der Waals surface area (Å²) in [5.74, 6) is -13.4. The number of unbranched alkanes of at least 4 members (excludes halogenated alkanes) is 1. The van der Waals surface area contributed by atoms with Crippen molar-refractivity contribution in [2.24, 2.45) is 46.6 Å². The van der Waals surface area contributed by atoms with Crippen LogP contribution < -0.4 is 91.7 Å². The Kier molecular flexibility index (Phi) is 33.0. The van der Waals surface area contributed by atoms with Crippen molar-refractivity contribution in [3.05, 3.63) is 23.8 Å². The van der Waals surface area contributed by atoms with Crippen molar-refractivity contribution in [3.8, 4) is 5.75 Å². The summed E-state index contributed by atoms with van der Waals surface area (Å²) in [6.45, 7) is 12.7. The van der Waals surface area contributed by atoms with Crippen molar-refractivity contribution < 1.29 is 72.2 Å². The summed E-state index contributed by atoms with van der Waals surface area (Å²) in [5, 5.41) is 35.7. The van der Waals surface area contributed by atoms with E-state index in [1.54, 1.807) is 41.5 Å². The highest BCUT2D eigenvalue weighted by molar-refractivity contribution is 6.40. The van der Waals surface area contributed by atoms with Crippen LogP contribution in [-0.2, 0) is 57.5 Å². The Balaban J connectivity index is 2.55. The van der Waals surface area contributed by atoms with Gasteiger partial charge in [-0.3, -0.25) is 73.2 Å². The molecule has 1 aliphatic heterocycles. The Morgan fingerprint density at radius 2 is 1.09 bits per heavy atom. The van der Waals surface area contributed by atoms with Crippen LogP contribution in [0, 0.1) is 23.7 Å². The number of amides is 13. The SMILES string of the molecule is CC[C@H](C)[C@@H]1NC(=O)[C@H](CCC(N)=O)NC(=O)[C@H](C(C)C)NC(=O)[C@@H](N)CCCNC(=O)[C@H](CC(C)C)NC(=O)[C@H](CCCCN)NC(=O)C(=O)Nc2ccc(OC)c(c2)C(=O)NNC(=O)[C@@H](N)CCCNC(=O)[C@H](CO)NC(=O)[C@H](C(C)C)NC1=O. The van der Waals surface area contributed by atoms with Crippen molar-refractivity contribution in [1.82, 2.24) is 58.7 Å². The number of hydrogen-bond donors (Lipinski definition) is 17. The fraction of sp³-hybridized carbons (Fsp3) is 0.661. The van der Waals surface area contributed by atoms with Crippen molar-refractivity contribution in [2.45, 2.75) is 180 Å². The summed E-state index contributed by atoms with van der Waals surface area (Å²) in [4.78, 5) is 175. The highest BCUT2D eigenvalue weighted by atomic mass is 16.5. The lowest BCUT2D eigenvalue weighted by molar-refractivity contribution is -0.138. The zero-order valence-corrected chi connectivity index (χ0v) is 51.3. The minimum Gasteiger partial charge on any atom is -0.496 e. The molecule has 1 aromatic carbocycles. The number of methoxy groups -OCH3 is 1. The number of nitrogens with two attached hydrogens (primary N) is 4. The smallest absolute Gasteiger partial charge is 0.313 e. The summed E-state index contributed by atoms with van der Waals surface area (Å²) in [6, 6.07) is -8.08. The minimum atomic E-state index is -1.52. The number of hydrazine groups is 1. The molecule has 1 heterocycles. The van der Waals surface area contributed by atoms with E-state index in [1.807, 2.05) is 13.8 Å². The largest absolute Gasteiger partial charge is 0.496 e. The maximum atomic E-state index is 14.1. The number of aliphatic hydroxyl groups is 1. The van der Waals surface area contributed by atoms with Crippen molar-refractivity contribution >= 4 is 82.5 Å². The first-order chi connectivity index (χ1) is 41.0. The molecule has 0 fully saturated rings. The number of carbonyl (C=O) groups is 13. The zero-order valence-electron chi connectivity index (χ0n) is 51.3. The van der Waals surface area contributed by atoms with Gasteiger partial charge < -0.3 is 85.9 Å². The van der Waals surface area contributed by atoms with E-state index in [4.69, 9.17) is 27.7 Å². The molecule has 1 aromatic rings. The lowest BCUT2D eigenvalue weighted by Crippen LogP contribution is -2.62. The number of aliphatic hydroxyl groups excluding tert-OH is 1. The van der Waals surface area contributed by atoms with Crippen LogP contribution in [0.4, 0.5) is 5.69 Å². The molecule has 2 rings (SSSR count). The van der Waals surface area contributed by atoms with Gasteiger partial charge in [0.1, 0.15) is 48.0 Å². The second-order valence-corrected chi connectivity index (χ2v) is 22.5. The van der Waals surface area contributed by atoms with Crippen molar-refractivity contribution in [3.63, 3.8) is 0 Å². The molecular formula is C56H94N16O15. The van der Waals surface area contributed by atoms with Crippen LogP contribution >= 0.6 is 0 Å². The molecule has 13 amide bonds. The quantitative estimate of drug-likeness (QED) is 0.0588. The first-order valence-corrected chi connectivity index (χ1v) is 29.4. The molecule has 0 saturated carbocycles. The number of ether oxygens (including phenoxy) is 1. The Morgan fingerprint density at radius 1 is 0.586 bits per heavy atom. The van der Waals surface area contributed by atoms with Gasteiger partial charge in [-0.1, -0.05) is 61.8 Å². The van der Waals surface area contributed by atoms with E-state index in [1.165, 1.54) is 19.2 Å². The molecule has 31 heteroatoms. The van der Waals surface area contributed by atoms with Crippen LogP contribution in [0.25, 0.3) is 0 Å². The summed E-state index contributed by atoms with van der Waals surface area (Å²) < 4.78 is 5.30. The number of fused-ring (bicyclic) bond motifs is 2. The van der Waals surface area contributed by atoms with E-state index in [9.17, 15) is 67.4 Å². The molecule has 488 valence electrons.